The Morgan fingerprint density at radius 3 is 1.87 bits per heavy atom. The highest BCUT2D eigenvalue weighted by Crippen LogP contribution is 2.36. The van der Waals surface area contributed by atoms with Crippen LogP contribution in [0.2, 0.25) is 0 Å². The summed E-state index contributed by atoms with van der Waals surface area (Å²) < 4.78 is 6.05. The van der Waals surface area contributed by atoms with Gasteiger partial charge < -0.3 is 41.2 Å². The number of likely N-dealkylation sites (tertiary alicyclic amines) is 1. The van der Waals surface area contributed by atoms with E-state index in [0.717, 1.165) is 28.6 Å². The minimum Gasteiger partial charge on any atom is -0.489 e. The van der Waals surface area contributed by atoms with E-state index in [0.29, 0.717) is 77.6 Å². The number of pyridine rings is 2. The van der Waals surface area contributed by atoms with E-state index in [1.54, 1.807) is 48.5 Å². The first-order valence-electron chi connectivity index (χ1n) is 34.5. The van der Waals surface area contributed by atoms with Crippen molar-refractivity contribution < 1.29 is 68.6 Å². The smallest absolute Gasteiger partial charge is 0.489 e. The third-order valence-electron chi connectivity index (χ3n) is 17.8. The molecule has 2 aromatic carbocycles. The molecule has 558 valence electrons. The lowest BCUT2D eigenvalue weighted by Gasteiger charge is -2.34. The van der Waals surface area contributed by atoms with Crippen molar-refractivity contribution in [3.63, 3.8) is 0 Å². The van der Waals surface area contributed by atoms with Crippen LogP contribution < -0.4 is 26.4 Å². The number of hydrogen-bond acceptors (Lipinski definition) is 21. The average molecular weight is 1440 g/mol. The molecule has 5 amide bonds. The number of ketones is 3. The minimum absolute atomic E-state index is 0.00818. The van der Waals surface area contributed by atoms with Gasteiger partial charge in [-0.3, -0.25) is 59.1 Å². The molecule has 4 heterocycles. The zero-order chi connectivity index (χ0) is 76.1. The summed E-state index contributed by atoms with van der Waals surface area (Å²) in [5.74, 6) is -4.29. The van der Waals surface area contributed by atoms with Gasteiger partial charge in [0.05, 0.1) is 30.2 Å². The van der Waals surface area contributed by atoms with Crippen LogP contribution in [-0.4, -0.2) is 147 Å². The first-order chi connectivity index (χ1) is 48.2. The van der Waals surface area contributed by atoms with Gasteiger partial charge in [0.15, 0.2) is 10.9 Å². The zero-order valence-corrected chi connectivity index (χ0v) is 61.5. The Hall–Kier alpha value is -9.10. The number of rotatable bonds is 38. The molecule has 1 aliphatic heterocycles. The van der Waals surface area contributed by atoms with Crippen LogP contribution in [0.4, 0.5) is 10.9 Å². The van der Waals surface area contributed by atoms with Crippen molar-refractivity contribution in [2.75, 3.05) is 30.3 Å². The summed E-state index contributed by atoms with van der Waals surface area (Å²) in [6.07, 6.45) is 6.35. The van der Waals surface area contributed by atoms with Crippen molar-refractivity contribution in [1.82, 2.24) is 35.3 Å². The second-order valence-electron chi connectivity index (χ2n) is 27.7. The summed E-state index contributed by atoms with van der Waals surface area (Å²) in [5.41, 5.74) is 9.01. The monoisotopic (exact) mass is 1440 g/mol. The number of guanidine groups is 1. The lowest BCUT2D eigenvalue weighted by atomic mass is 9.77. The fourth-order valence-electron chi connectivity index (χ4n) is 12.7. The molecule has 30 heteroatoms. The maximum Gasteiger partial charge on any atom is 0.500 e. The lowest BCUT2D eigenvalue weighted by Crippen LogP contribution is -2.50. The summed E-state index contributed by atoms with van der Waals surface area (Å²) in [4.78, 5) is 136. The maximum atomic E-state index is 13.5. The van der Waals surface area contributed by atoms with E-state index in [-0.39, 0.29) is 103 Å². The Kier molecular flexibility index (Phi) is 34.9. The van der Waals surface area contributed by atoms with E-state index < -0.39 is 75.8 Å². The number of aliphatic hydroxyl groups is 1. The molecule has 0 saturated carbocycles. The van der Waals surface area contributed by atoms with Gasteiger partial charge in [-0.1, -0.05) is 126 Å². The normalized spacial score (nSPS) is 16.1. The molecule has 6 rings (SSSR count). The van der Waals surface area contributed by atoms with E-state index in [2.05, 4.69) is 36.0 Å². The third kappa shape index (κ3) is 25.8. The van der Waals surface area contributed by atoms with Crippen LogP contribution >= 0.6 is 11.3 Å². The molecule has 1 aliphatic rings. The van der Waals surface area contributed by atoms with E-state index in [1.165, 1.54) is 17.5 Å². The fourth-order valence-corrected chi connectivity index (χ4v) is 13.2. The van der Waals surface area contributed by atoms with E-state index >= 15 is 0 Å². The molecule has 29 nitrogen and oxygen atoms in total. The first-order valence-corrected chi connectivity index (χ1v) is 35.4. The number of aryl methyl sites for hydroxylation is 1. The van der Waals surface area contributed by atoms with Gasteiger partial charge in [0, 0.05) is 77.5 Å². The fraction of sp³-hybridized carbons (Fsp3) is 0.556. The van der Waals surface area contributed by atoms with Crippen molar-refractivity contribution in [3.8, 4) is 5.75 Å². The third-order valence-corrected chi connectivity index (χ3v) is 18.5. The van der Waals surface area contributed by atoms with Crippen LogP contribution in [0.15, 0.2) is 95.7 Å². The molecule has 8 N–H and O–H groups in total. The zero-order valence-electron chi connectivity index (χ0n) is 60.7. The number of fused-ring (bicyclic) bond motifs is 1. The van der Waals surface area contributed by atoms with Crippen molar-refractivity contribution in [2.45, 2.75) is 178 Å². The molecule has 102 heavy (non-hydrogen) atoms. The second kappa shape index (κ2) is 41.7. The Morgan fingerprint density at radius 1 is 0.775 bits per heavy atom. The number of nitrogens with two attached hydrogens (primary N) is 1. The highest BCUT2D eigenvalue weighted by Gasteiger charge is 2.48. The number of para-hydroxylation sites is 1. The Balaban J connectivity index is 0.000000326. The number of ether oxygens (including phenoxy) is 1. The number of carbonyl (C=O) groups excluding carboxylic acids is 8. The topological polar surface area (TPSA) is 416 Å². The van der Waals surface area contributed by atoms with Gasteiger partial charge >= 0.3 is 5.96 Å². The minimum atomic E-state index is -1.21. The van der Waals surface area contributed by atoms with Gasteiger partial charge in [-0.05, 0) is 128 Å². The number of hydroxylamine groups is 4. The van der Waals surface area contributed by atoms with E-state index in [9.17, 15) is 74.1 Å². The number of carbonyl (C=O) groups is 8. The van der Waals surface area contributed by atoms with E-state index in [1.807, 2.05) is 131 Å². The standard InChI is InChI=1S/C28H33N3O4.C23H37N3O4.C21H33N7O8S/c1-18(2)14-25(26(33)16-32)31-13-12-28(29,27(31)34)21-8-10-22(11-9-21)35-17-20-15-19(3)30-24-7-5-4-6-23(20)24;1-7-17(6)18(23(29)25-21-10-8-9-11-24-21)13-20(28)19(12-15(2)3)22(16(4)5)26(30)14-27;1-13(2)10-16(18(14(3)4)26(32)12-29)17(30)11-15(19(31)24-21-23-8-9-37-21)6-5-7-22-20(27(33)34)25-28(35)36/h4-11,15,18,25,32H,12-14,16-17,29H2,1-3H3;8-11,14-19,22,30H,7,12-13H2,1-6H3,(H,24,25,29);8-9,12-16,18,32H,5-7,10-11H2,1-4H3,(H,22,25)(H,23,24,31)/t25-,28-;17-,18-,19-,22-;15-,16+,18+/m101/s1. The Labute approximate surface area is 600 Å². The molecule has 1 fully saturated rings. The molecule has 3 aromatic heterocycles. The molecule has 5 aromatic rings. The summed E-state index contributed by atoms with van der Waals surface area (Å²) in [6, 6.07) is 20.5. The Morgan fingerprint density at radius 2 is 1.36 bits per heavy atom. The Bertz CT molecular complexity index is 3580. The van der Waals surface area contributed by atoms with E-state index in [4.69, 9.17) is 10.5 Å². The van der Waals surface area contributed by atoms with Crippen LogP contribution in [0.3, 0.4) is 0 Å². The van der Waals surface area contributed by atoms with Crippen LogP contribution in [0, 0.1) is 86.3 Å². The van der Waals surface area contributed by atoms with Crippen LogP contribution in [0.1, 0.15) is 158 Å². The van der Waals surface area contributed by atoms with Gasteiger partial charge in [-0.25, -0.2) is 30.2 Å². The van der Waals surface area contributed by atoms with Crippen molar-refractivity contribution in [2.24, 2.45) is 70.0 Å². The molecule has 9 atom stereocenters. The number of aliphatic hydroxyl groups excluding tert-OH is 1. The molecular formula is C72H103N13O16S. The molecule has 0 unspecified atom stereocenters. The number of nitro groups is 2. The maximum absolute atomic E-state index is 13.5. The number of hydrogen-bond donors (Lipinski definition) is 7. The average Bonchev–Trinajstić information content (AvgIpc) is 1.60. The van der Waals surface area contributed by atoms with Crippen LogP contribution in [-0.2, 0) is 50.5 Å². The van der Waals surface area contributed by atoms with Crippen molar-refractivity contribution in [3.05, 3.63) is 128 Å². The predicted octanol–water partition coefficient (Wildman–Crippen LogP) is 10.0. The summed E-state index contributed by atoms with van der Waals surface area (Å²) >= 11 is 1.19. The summed E-state index contributed by atoms with van der Waals surface area (Å²) in [5, 5.41) is 64.4. The highest BCUT2D eigenvalue weighted by molar-refractivity contribution is 7.13. The molecule has 0 bridgehead atoms. The predicted molar refractivity (Wildman–Crippen MR) is 385 cm³/mol. The second-order valence-corrected chi connectivity index (χ2v) is 28.6. The SMILES string of the molecule is CC(C)C[C@@H](C(=O)C[C@@H](CCCN/C(=N/[N+](=O)[O-])[N+](=O)[O-])C(=O)Nc1nccs1)[C@H](C(C)C)N(O)C=O.CC[C@H](C)[C@H](CC(=O)[C@H](CC(C)C)[C@H](C(C)C)N(O)C=O)C(=O)Nc1ccccn1.Cc1cc(COc2ccc([C@]3(N)CCN([C@H](CC(C)C)C(=O)CO)C3=O)cc2)c2ccccc2n1. The van der Waals surface area contributed by atoms with Gasteiger partial charge in [0.1, 0.15) is 41.9 Å². The first kappa shape index (κ1) is 85.3. The van der Waals surface area contributed by atoms with Crippen LogP contribution in [0.5, 0.6) is 5.75 Å². The quantitative estimate of drug-likeness (QED) is 0.00367. The van der Waals surface area contributed by atoms with Gasteiger partial charge in [-0.2, -0.15) is 0 Å². The number of hydrazone groups is 1. The summed E-state index contributed by atoms with van der Waals surface area (Å²) in [6.45, 7) is 25.1. The largest absolute Gasteiger partial charge is 0.500 e. The number of nitrogens with one attached hydrogen (secondary N) is 3. The van der Waals surface area contributed by atoms with Crippen LogP contribution in [0.25, 0.3) is 10.9 Å². The lowest BCUT2D eigenvalue weighted by molar-refractivity contribution is -0.496. The van der Waals surface area contributed by atoms with Crippen molar-refractivity contribution in [1.29, 1.82) is 0 Å². The van der Waals surface area contributed by atoms with Gasteiger partial charge in [-0.15, -0.1) is 11.3 Å². The number of nitrogens with zero attached hydrogens (tertiary/aromatic N) is 9. The number of benzene rings is 2. The molecule has 0 spiro atoms. The number of aromatic nitrogens is 3. The summed E-state index contributed by atoms with van der Waals surface area (Å²) in [7, 11) is 0. The van der Waals surface area contributed by atoms with Gasteiger partial charge in [0.25, 0.3) is 10.1 Å². The molecule has 0 aliphatic carbocycles. The number of thiazole rings is 1. The number of amides is 5. The highest BCUT2D eigenvalue weighted by atomic mass is 32.1. The molecule has 1 saturated heterocycles. The number of Topliss-reactive ketones (excluding diaryl/α,β-unsaturated/α-hetero) is 3. The molecule has 0 radical (unpaired) electrons. The molecular weight excluding hydrogens is 1330 g/mol. The van der Waals surface area contributed by atoms with Crippen molar-refractivity contribution >= 4 is 87.0 Å². The number of anilines is 2. The van der Waals surface area contributed by atoms with Gasteiger partial charge in [0.2, 0.25) is 30.5 Å².